The van der Waals surface area contributed by atoms with Crippen LogP contribution in [0.2, 0.25) is 0 Å². The number of hydrogen-bond acceptors (Lipinski definition) is 0. The summed E-state index contributed by atoms with van der Waals surface area (Å²) in [7, 11) is 0. The van der Waals surface area contributed by atoms with Gasteiger partial charge >= 0.3 is 70.3 Å². The Labute approximate surface area is 321 Å². The van der Waals surface area contributed by atoms with Gasteiger partial charge in [0.2, 0.25) is 0 Å². The van der Waals surface area contributed by atoms with E-state index in [2.05, 4.69) is 169 Å². The molecule has 5 aromatic rings. The molecule has 250 valence electrons. The molecule has 0 saturated heterocycles. The average molecular weight is 761 g/mol. The molecule has 0 bridgehead atoms. The van der Waals surface area contributed by atoms with E-state index in [0.717, 1.165) is 0 Å². The molecule has 3 heteroatoms. The maximum Gasteiger partial charge on any atom is -1.00 e. The average Bonchev–Trinajstić information content (AvgIpc) is 3.70. The SMILES string of the molecule is CC1=CC(C)(C)c2cc3[cH-]c4cc5c(cc4c3cc21)C(C)=CC5(C)C.CC1=[C-]C(C)C=C1c1ccccc1.Cc1ccc([CH]=[Zr+2])cc1.[Cl-].[Cl-]. The van der Waals surface area contributed by atoms with Gasteiger partial charge in [0.1, 0.15) is 0 Å². The Balaban J connectivity index is 0.000000190. The van der Waals surface area contributed by atoms with Gasteiger partial charge < -0.3 is 24.8 Å². The number of aryl methyl sites for hydroxylation is 1. The number of fused-ring (bicyclic) bond motifs is 5. The predicted molar refractivity (Wildman–Crippen MR) is 203 cm³/mol. The molecule has 1 unspecified atom stereocenters. The minimum absolute atomic E-state index is 0. The Hall–Kier alpha value is -2.96. The first-order valence-corrected chi connectivity index (χ1v) is 18.3. The fourth-order valence-corrected chi connectivity index (χ4v) is 8.12. The van der Waals surface area contributed by atoms with Crippen molar-refractivity contribution in [1.29, 1.82) is 0 Å². The van der Waals surface area contributed by atoms with Gasteiger partial charge in [-0.05, 0) is 36.1 Å². The van der Waals surface area contributed by atoms with Gasteiger partial charge in [-0.15, -0.1) is 45.3 Å². The molecule has 0 N–H and O–H groups in total. The molecule has 0 radical (unpaired) electrons. The van der Waals surface area contributed by atoms with E-state index < -0.39 is 0 Å². The molecule has 0 amide bonds. The number of halogens is 2. The van der Waals surface area contributed by atoms with Crippen LogP contribution in [0.4, 0.5) is 0 Å². The molecule has 3 aliphatic rings. The maximum atomic E-state index is 3.39. The first-order chi connectivity index (χ1) is 22.3. The first kappa shape index (κ1) is 38.8. The first-order valence-electron chi connectivity index (χ1n) is 16.8. The van der Waals surface area contributed by atoms with Crippen molar-refractivity contribution in [2.45, 2.75) is 73.1 Å². The van der Waals surface area contributed by atoms with E-state index in [4.69, 9.17) is 0 Å². The number of rotatable bonds is 2. The monoisotopic (exact) mass is 758 g/mol. The van der Waals surface area contributed by atoms with Gasteiger partial charge in [-0.3, -0.25) is 6.08 Å². The molecule has 0 spiro atoms. The van der Waals surface area contributed by atoms with Crippen LogP contribution in [0, 0.1) is 18.9 Å². The molecule has 0 nitrogen and oxygen atoms in total. The van der Waals surface area contributed by atoms with Gasteiger partial charge in [0.25, 0.3) is 0 Å². The summed E-state index contributed by atoms with van der Waals surface area (Å²) in [5.41, 5.74) is 15.5. The second-order valence-electron chi connectivity index (χ2n) is 14.8. The van der Waals surface area contributed by atoms with Crippen molar-refractivity contribution < 1.29 is 49.0 Å². The summed E-state index contributed by atoms with van der Waals surface area (Å²) in [5, 5.41) is 5.57. The fourth-order valence-electron chi connectivity index (χ4n) is 7.65. The van der Waals surface area contributed by atoms with E-state index in [0.29, 0.717) is 5.92 Å². The van der Waals surface area contributed by atoms with Crippen LogP contribution in [0.5, 0.6) is 0 Å². The Morgan fingerprint density at radius 1 is 0.694 bits per heavy atom. The van der Waals surface area contributed by atoms with Crippen LogP contribution in [-0.4, -0.2) is 3.71 Å². The zero-order valence-corrected chi connectivity index (χ0v) is 34.2. The largest absolute Gasteiger partial charge is 1.00 e. The summed E-state index contributed by atoms with van der Waals surface area (Å²) in [6, 6.07) is 31.2. The summed E-state index contributed by atoms with van der Waals surface area (Å²) in [6.07, 6.45) is 10.5. The summed E-state index contributed by atoms with van der Waals surface area (Å²) >= 11 is 1.47. The minimum atomic E-state index is 0. The molecule has 1 atom stereocenters. The molecular formula is C46H46Cl2Zr-2. The van der Waals surface area contributed by atoms with E-state index in [1.165, 1.54) is 107 Å². The van der Waals surface area contributed by atoms with Crippen molar-refractivity contribution in [2.24, 2.45) is 5.92 Å². The minimum Gasteiger partial charge on any atom is -1.00 e. The van der Waals surface area contributed by atoms with Gasteiger partial charge in [-0.25, -0.2) is 5.57 Å². The molecule has 3 aliphatic carbocycles. The van der Waals surface area contributed by atoms with E-state index in [9.17, 15) is 0 Å². The van der Waals surface area contributed by atoms with Gasteiger partial charge in [0.05, 0.1) is 0 Å². The zero-order chi connectivity index (χ0) is 33.7. The second-order valence-corrected chi connectivity index (χ2v) is 15.5. The van der Waals surface area contributed by atoms with Crippen molar-refractivity contribution in [2.75, 3.05) is 0 Å². The number of benzene rings is 4. The molecule has 0 fully saturated rings. The third-order valence-corrected chi connectivity index (χ3v) is 10.8. The van der Waals surface area contributed by atoms with Crippen molar-refractivity contribution in [1.82, 2.24) is 0 Å². The molecule has 0 aromatic heterocycles. The summed E-state index contributed by atoms with van der Waals surface area (Å²) in [4.78, 5) is 0. The molecule has 0 heterocycles. The van der Waals surface area contributed by atoms with Gasteiger partial charge in [-0.1, -0.05) is 113 Å². The topological polar surface area (TPSA) is 0 Å². The van der Waals surface area contributed by atoms with E-state index in [1.807, 2.05) is 6.07 Å². The molecule has 49 heavy (non-hydrogen) atoms. The summed E-state index contributed by atoms with van der Waals surface area (Å²) in [5.74, 6) is 0.468. The van der Waals surface area contributed by atoms with Crippen molar-refractivity contribution >= 4 is 42.0 Å². The number of hydrogen-bond donors (Lipinski definition) is 0. The van der Waals surface area contributed by atoms with Crippen LogP contribution >= 0.6 is 0 Å². The normalized spacial score (nSPS) is 17.5. The Bertz CT molecular complexity index is 2040. The zero-order valence-electron chi connectivity index (χ0n) is 30.2. The van der Waals surface area contributed by atoms with Gasteiger partial charge in [0.15, 0.2) is 0 Å². The van der Waals surface area contributed by atoms with Crippen LogP contribution in [0.3, 0.4) is 0 Å². The van der Waals surface area contributed by atoms with Gasteiger partial charge in [-0.2, -0.15) is 11.6 Å². The van der Waals surface area contributed by atoms with Crippen LogP contribution in [-0.2, 0) is 35.1 Å². The second kappa shape index (κ2) is 15.1. The summed E-state index contributed by atoms with van der Waals surface area (Å²) < 4.78 is 2.19. The molecule has 8 rings (SSSR count). The van der Waals surface area contributed by atoms with E-state index in [1.54, 1.807) is 0 Å². The third-order valence-electron chi connectivity index (χ3n) is 9.97. The van der Waals surface area contributed by atoms with E-state index in [-0.39, 0.29) is 35.6 Å². The maximum absolute atomic E-state index is 3.39. The Morgan fingerprint density at radius 2 is 1.18 bits per heavy atom. The van der Waals surface area contributed by atoms with E-state index >= 15 is 0 Å². The quantitative estimate of drug-likeness (QED) is 0.186. The van der Waals surface area contributed by atoms with Crippen molar-refractivity contribution in [3.05, 3.63) is 154 Å². The van der Waals surface area contributed by atoms with Crippen molar-refractivity contribution in [3.8, 4) is 0 Å². The smallest absolute Gasteiger partial charge is 1.00 e. The van der Waals surface area contributed by atoms with Crippen LogP contribution in [0.25, 0.3) is 38.3 Å². The van der Waals surface area contributed by atoms with Crippen molar-refractivity contribution in [3.63, 3.8) is 0 Å². The molecular weight excluding hydrogens is 715 g/mol. The standard InChI is InChI=1S/C25H25.C13H13.C8H8.2ClH.Zr/c1-14-12-24(3,4)22-8-16-7-17-9-23-19(15(2)13-25(23,5)6)11-21(17)20(16)10-18(14)22;1-10-8-11(2)13(9-10)12-6-4-3-5-7-12;1-7-3-5-8(2)6-4-7;;;/h7-13H,1-6H3;3-7,9-10H,1-2H3;1,3-6H,2H3;2*1H;/q2*-1;;;;+2/p-2. The van der Waals surface area contributed by atoms with Gasteiger partial charge in [0, 0.05) is 10.8 Å². The predicted octanol–water partition coefficient (Wildman–Crippen LogP) is 6.27. The Kier molecular flexibility index (Phi) is 12.0. The van der Waals surface area contributed by atoms with Crippen LogP contribution < -0.4 is 24.8 Å². The molecule has 0 aliphatic heterocycles. The summed E-state index contributed by atoms with van der Waals surface area (Å²) in [6.45, 7) is 20.2. The Morgan fingerprint density at radius 3 is 1.61 bits per heavy atom. The third kappa shape index (κ3) is 7.86. The molecule has 0 saturated carbocycles. The fraction of sp³-hybridized carbons (Fsp3) is 0.261. The van der Waals surface area contributed by atoms with Crippen LogP contribution in [0.15, 0.2) is 109 Å². The molecule has 5 aromatic carbocycles. The van der Waals surface area contributed by atoms with Crippen LogP contribution in [0.1, 0.15) is 94.3 Å². The number of allylic oxidation sites excluding steroid dienone is 8.